The number of hydrogen-bond acceptors (Lipinski definition) is 4. The molecule has 0 saturated heterocycles. The zero-order valence-electron chi connectivity index (χ0n) is 11.7. The van der Waals surface area contributed by atoms with Crippen molar-refractivity contribution in [3.05, 3.63) is 23.9 Å². The Bertz CT molecular complexity index is 434. The Labute approximate surface area is 114 Å². The summed E-state index contributed by atoms with van der Waals surface area (Å²) in [5.41, 5.74) is 0.530. The quantitative estimate of drug-likeness (QED) is 0.846. The Morgan fingerprint density at radius 2 is 2.26 bits per heavy atom. The number of anilines is 1. The predicted octanol–water partition coefficient (Wildman–Crippen LogP) is 3.25. The van der Waals surface area contributed by atoms with Crippen LogP contribution in [0, 0.1) is 5.92 Å². The second-order valence-electron chi connectivity index (χ2n) is 5.13. The third-order valence-corrected chi connectivity index (χ3v) is 3.74. The van der Waals surface area contributed by atoms with Crippen molar-refractivity contribution in [2.45, 2.75) is 45.6 Å². The van der Waals surface area contributed by atoms with E-state index in [0.717, 1.165) is 6.42 Å². The van der Waals surface area contributed by atoms with Crippen LogP contribution in [-0.2, 0) is 4.74 Å². The molecule has 19 heavy (non-hydrogen) atoms. The SMILES string of the molecule is CCOC(=O)c1cccnc1NC1CCCCC1C. The van der Waals surface area contributed by atoms with Crippen LogP contribution in [0.3, 0.4) is 0 Å². The molecule has 4 nitrogen and oxygen atoms in total. The van der Waals surface area contributed by atoms with E-state index >= 15 is 0 Å². The Morgan fingerprint density at radius 3 is 3.00 bits per heavy atom. The van der Waals surface area contributed by atoms with E-state index in [1.807, 2.05) is 6.92 Å². The summed E-state index contributed by atoms with van der Waals surface area (Å²) < 4.78 is 5.07. The topological polar surface area (TPSA) is 51.2 Å². The number of nitrogens with zero attached hydrogens (tertiary/aromatic N) is 1. The first-order valence-corrected chi connectivity index (χ1v) is 7.11. The summed E-state index contributed by atoms with van der Waals surface area (Å²) in [4.78, 5) is 16.2. The maximum absolute atomic E-state index is 11.9. The molecular formula is C15H22N2O2. The highest BCUT2D eigenvalue weighted by atomic mass is 16.5. The molecule has 1 aromatic heterocycles. The van der Waals surface area contributed by atoms with Crippen LogP contribution in [0.25, 0.3) is 0 Å². The molecule has 104 valence electrons. The van der Waals surface area contributed by atoms with Gasteiger partial charge in [-0.2, -0.15) is 0 Å². The number of aromatic nitrogens is 1. The molecule has 0 bridgehead atoms. The fourth-order valence-corrected chi connectivity index (χ4v) is 2.60. The molecule has 1 aliphatic rings. The fourth-order valence-electron chi connectivity index (χ4n) is 2.60. The van der Waals surface area contributed by atoms with E-state index in [1.54, 1.807) is 18.3 Å². The molecule has 0 aromatic carbocycles. The highest BCUT2D eigenvalue weighted by molar-refractivity contribution is 5.94. The molecule has 1 N–H and O–H groups in total. The van der Waals surface area contributed by atoms with Gasteiger partial charge < -0.3 is 10.1 Å². The van der Waals surface area contributed by atoms with Gasteiger partial charge in [0.1, 0.15) is 11.4 Å². The molecular weight excluding hydrogens is 240 g/mol. The molecule has 1 saturated carbocycles. The van der Waals surface area contributed by atoms with E-state index in [0.29, 0.717) is 29.9 Å². The predicted molar refractivity (Wildman–Crippen MR) is 75.2 cm³/mol. The van der Waals surface area contributed by atoms with Crippen molar-refractivity contribution in [3.8, 4) is 0 Å². The van der Waals surface area contributed by atoms with Crippen LogP contribution in [0.5, 0.6) is 0 Å². The zero-order chi connectivity index (χ0) is 13.7. The van der Waals surface area contributed by atoms with Crippen LogP contribution in [-0.4, -0.2) is 23.6 Å². The van der Waals surface area contributed by atoms with Crippen molar-refractivity contribution >= 4 is 11.8 Å². The molecule has 4 heteroatoms. The largest absolute Gasteiger partial charge is 0.462 e. The van der Waals surface area contributed by atoms with E-state index in [2.05, 4.69) is 17.2 Å². The van der Waals surface area contributed by atoms with Gasteiger partial charge in [0, 0.05) is 12.2 Å². The molecule has 2 atom stereocenters. The van der Waals surface area contributed by atoms with E-state index in [1.165, 1.54) is 19.3 Å². The Balaban J connectivity index is 2.13. The van der Waals surface area contributed by atoms with Gasteiger partial charge in [-0.1, -0.05) is 19.8 Å². The van der Waals surface area contributed by atoms with Crippen LogP contribution in [0.15, 0.2) is 18.3 Å². The van der Waals surface area contributed by atoms with Crippen LogP contribution >= 0.6 is 0 Å². The first-order valence-electron chi connectivity index (χ1n) is 7.11. The smallest absolute Gasteiger partial charge is 0.341 e. The number of ether oxygens (including phenoxy) is 1. The van der Waals surface area contributed by atoms with E-state index in [9.17, 15) is 4.79 Å². The molecule has 0 spiro atoms. The van der Waals surface area contributed by atoms with Crippen molar-refractivity contribution in [2.24, 2.45) is 5.92 Å². The molecule has 0 radical (unpaired) electrons. The van der Waals surface area contributed by atoms with Gasteiger partial charge in [-0.25, -0.2) is 9.78 Å². The summed E-state index contributed by atoms with van der Waals surface area (Å²) in [6.07, 6.45) is 6.62. The maximum atomic E-state index is 11.9. The summed E-state index contributed by atoms with van der Waals surface area (Å²) in [5.74, 6) is 0.965. The first-order chi connectivity index (χ1) is 9.22. The molecule has 1 aliphatic carbocycles. The standard InChI is InChI=1S/C15H22N2O2/c1-3-19-15(18)12-8-6-10-16-14(12)17-13-9-5-4-7-11(13)2/h6,8,10-11,13H,3-5,7,9H2,1-2H3,(H,16,17). The molecule has 2 rings (SSSR count). The maximum Gasteiger partial charge on any atom is 0.341 e. The van der Waals surface area contributed by atoms with Gasteiger partial charge in [0.05, 0.1) is 6.61 Å². The van der Waals surface area contributed by atoms with Crippen LogP contribution in [0.4, 0.5) is 5.82 Å². The normalized spacial score (nSPS) is 22.8. The van der Waals surface area contributed by atoms with Crippen molar-refractivity contribution in [2.75, 3.05) is 11.9 Å². The number of rotatable bonds is 4. The lowest BCUT2D eigenvalue weighted by atomic mass is 9.86. The minimum Gasteiger partial charge on any atom is -0.462 e. The summed E-state index contributed by atoms with van der Waals surface area (Å²) in [7, 11) is 0. The monoisotopic (exact) mass is 262 g/mol. The van der Waals surface area contributed by atoms with Crippen molar-refractivity contribution < 1.29 is 9.53 Å². The highest BCUT2D eigenvalue weighted by Crippen LogP contribution is 2.27. The van der Waals surface area contributed by atoms with Gasteiger partial charge in [0.25, 0.3) is 0 Å². The number of hydrogen-bond donors (Lipinski definition) is 1. The number of esters is 1. The Kier molecular flexibility index (Phi) is 4.77. The fraction of sp³-hybridized carbons (Fsp3) is 0.600. The highest BCUT2D eigenvalue weighted by Gasteiger charge is 2.23. The number of carbonyl (C=O) groups excluding carboxylic acids is 1. The van der Waals surface area contributed by atoms with Gasteiger partial charge in [0.2, 0.25) is 0 Å². The lowest BCUT2D eigenvalue weighted by molar-refractivity contribution is 0.0527. The second-order valence-corrected chi connectivity index (χ2v) is 5.13. The zero-order valence-corrected chi connectivity index (χ0v) is 11.7. The number of pyridine rings is 1. The third kappa shape index (κ3) is 3.46. The minimum atomic E-state index is -0.304. The van der Waals surface area contributed by atoms with Crippen LogP contribution < -0.4 is 5.32 Å². The third-order valence-electron chi connectivity index (χ3n) is 3.74. The Morgan fingerprint density at radius 1 is 1.47 bits per heavy atom. The molecule has 0 amide bonds. The van der Waals surface area contributed by atoms with Crippen molar-refractivity contribution in [1.82, 2.24) is 4.98 Å². The lowest BCUT2D eigenvalue weighted by Gasteiger charge is -2.30. The summed E-state index contributed by atoms with van der Waals surface area (Å²) >= 11 is 0. The first kappa shape index (κ1) is 13.8. The van der Waals surface area contributed by atoms with Crippen molar-refractivity contribution in [1.29, 1.82) is 0 Å². The van der Waals surface area contributed by atoms with Crippen molar-refractivity contribution in [3.63, 3.8) is 0 Å². The average molecular weight is 262 g/mol. The van der Waals surface area contributed by atoms with E-state index in [4.69, 9.17) is 4.74 Å². The molecule has 0 aliphatic heterocycles. The molecule has 1 aromatic rings. The lowest BCUT2D eigenvalue weighted by Crippen LogP contribution is -2.31. The van der Waals surface area contributed by atoms with Crippen LogP contribution in [0.1, 0.15) is 49.9 Å². The molecule has 1 heterocycles. The van der Waals surface area contributed by atoms with Gasteiger partial charge in [-0.05, 0) is 37.8 Å². The molecule has 1 fully saturated rings. The van der Waals surface area contributed by atoms with Crippen LogP contribution in [0.2, 0.25) is 0 Å². The summed E-state index contributed by atoms with van der Waals surface area (Å²) in [5, 5.41) is 3.43. The van der Waals surface area contributed by atoms with Gasteiger partial charge in [0.15, 0.2) is 0 Å². The second kappa shape index (κ2) is 6.55. The van der Waals surface area contributed by atoms with Gasteiger partial charge in [-0.15, -0.1) is 0 Å². The Hall–Kier alpha value is -1.58. The molecule has 2 unspecified atom stereocenters. The van der Waals surface area contributed by atoms with Gasteiger partial charge in [-0.3, -0.25) is 0 Å². The van der Waals surface area contributed by atoms with Gasteiger partial charge >= 0.3 is 5.97 Å². The van der Waals surface area contributed by atoms with E-state index in [-0.39, 0.29) is 5.97 Å². The average Bonchev–Trinajstić information content (AvgIpc) is 2.42. The summed E-state index contributed by atoms with van der Waals surface area (Å²) in [6, 6.07) is 3.93. The minimum absolute atomic E-state index is 0.304. The number of carbonyl (C=O) groups is 1. The summed E-state index contributed by atoms with van der Waals surface area (Å²) in [6.45, 7) is 4.45. The number of nitrogens with one attached hydrogen (secondary N) is 1. The van der Waals surface area contributed by atoms with E-state index < -0.39 is 0 Å².